The minimum atomic E-state index is 0. The minimum absolute atomic E-state index is 0. The number of carbonyl (C=O) groups is 1. The zero-order chi connectivity index (χ0) is 19.2. The number of amides is 1. The number of carbonyl (C=O) groups excluding carboxylic acids is 1. The van der Waals surface area contributed by atoms with E-state index in [1.807, 2.05) is 37.9 Å². The van der Waals surface area contributed by atoms with E-state index in [0.717, 1.165) is 38.4 Å². The molecule has 0 spiro atoms. The molecule has 0 saturated carbocycles. The van der Waals surface area contributed by atoms with Gasteiger partial charge in [0.05, 0.1) is 0 Å². The fraction of sp³-hybridized carbons (Fsp3) is 0.632. The number of halogens is 1. The Balaban J connectivity index is 0.00000676. The first kappa shape index (κ1) is 25.4. The van der Waals surface area contributed by atoms with Gasteiger partial charge in [0, 0.05) is 58.0 Å². The molecule has 0 aliphatic heterocycles. The van der Waals surface area contributed by atoms with Gasteiger partial charge in [-0.3, -0.25) is 14.6 Å². The number of aryl methyl sites for hydroxylation is 1. The van der Waals surface area contributed by atoms with Crippen LogP contribution in [0.3, 0.4) is 0 Å². The van der Waals surface area contributed by atoms with Gasteiger partial charge in [0.2, 0.25) is 11.5 Å². The maximum atomic E-state index is 12.0. The molecule has 0 bridgehead atoms. The average Bonchev–Trinajstić information content (AvgIpc) is 2.64. The molecule has 0 aliphatic rings. The van der Waals surface area contributed by atoms with Gasteiger partial charge in [-0.1, -0.05) is 6.07 Å². The first-order valence-electron chi connectivity index (χ1n) is 9.57. The maximum absolute atomic E-state index is 12.0. The Morgan fingerprint density at radius 2 is 1.89 bits per heavy atom. The molecule has 0 saturated heterocycles. The Morgan fingerprint density at radius 3 is 2.52 bits per heavy atom. The molecular weight excluding hydrogens is 457 g/mol. The molecule has 0 aromatic carbocycles. The van der Waals surface area contributed by atoms with Gasteiger partial charge in [0.25, 0.3) is 0 Å². The highest BCUT2D eigenvalue weighted by Gasteiger charge is 2.08. The smallest absolute Gasteiger partial charge is 0.250 e. The monoisotopic (exact) mass is 491 g/mol. The van der Waals surface area contributed by atoms with Gasteiger partial charge in [-0.2, -0.15) is 0 Å². The van der Waals surface area contributed by atoms with E-state index < -0.39 is 0 Å². The SMILES string of the molecule is CCNC(=NCCCCn1ccccc1=O)NCCC(=O)N(CC)CC.I. The molecule has 8 heteroatoms. The van der Waals surface area contributed by atoms with E-state index >= 15 is 0 Å². The normalized spacial score (nSPS) is 10.9. The number of hydrogen-bond donors (Lipinski definition) is 2. The van der Waals surface area contributed by atoms with Gasteiger partial charge >= 0.3 is 0 Å². The van der Waals surface area contributed by atoms with Gasteiger partial charge < -0.3 is 20.1 Å². The third kappa shape index (κ3) is 10.4. The highest BCUT2D eigenvalue weighted by atomic mass is 127. The summed E-state index contributed by atoms with van der Waals surface area (Å²) >= 11 is 0. The number of hydrogen-bond acceptors (Lipinski definition) is 3. The molecular formula is C19H34IN5O2. The van der Waals surface area contributed by atoms with E-state index in [2.05, 4.69) is 15.6 Å². The van der Waals surface area contributed by atoms with Crippen molar-refractivity contribution in [1.82, 2.24) is 20.1 Å². The predicted molar refractivity (Wildman–Crippen MR) is 122 cm³/mol. The summed E-state index contributed by atoms with van der Waals surface area (Å²) in [6.07, 6.45) is 4.07. The molecule has 1 heterocycles. The van der Waals surface area contributed by atoms with E-state index in [9.17, 15) is 9.59 Å². The molecule has 154 valence electrons. The van der Waals surface area contributed by atoms with Gasteiger partial charge in [-0.15, -0.1) is 24.0 Å². The van der Waals surface area contributed by atoms with E-state index in [1.165, 1.54) is 0 Å². The van der Waals surface area contributed by atoms with Crippen LogP contribution in [0.2, 0.25) is 0 Å². The maximum Gasteiger partial charge on any atom is 0.250 e. The summed E-state index contributed by atoms with van der Waals surface area (Å²) in [4.78, 5) is 30.0. The van der Waals surface area contributed by atoms with Gasteiger partial charge in [0.1, 0.15) is 0 Å². The van der Waals surface area contributed by atoms with Crippen LogP contribution < -0.4 is 16.2 Å². The van der Waals surface area contributed by atoms with Crippen LogP contribution in [0.5, 0.6) is 0 Å². The Bertz CT molecular complexity index is 614. The van der Waals surface area contributed by atoms with Crippen LogP contribution in [0.1, 0.15) is 40.0 Å². The summed E-state index contributed by atoms with van der Waals surface area (Å²) in [6, 6.07) is 5.19. The molecule has 1 amide bonds. The third-order valence-corrected chi connectivity index (χ3v) is 4.07. The second kappa shape index (κ2) is 15.5. The molecule has 0 aliphatic carbocycles. The van der Waals surface area contributed by atoms with Crippen LogP contribution in [0.4, 0.5) is 0 Å². The fourth-order valence-corrected chi connectivity index (χ4v) is 2.59. The Labute approximate surface area is 179 Å². The van der Waals surface area contributed by atoms with E-state index in [0.29, 0.717) is 26.1 Å². The second-order valence-electron chi connectivity index (χ2n) is 5.94. The lowest BCUT2D eigenvalue weighted by Crippen LogP contribution is -2.40. The lowest BCUT2D eigenvalue weighted by molar-refractivity contribution is -0.130. The summed E-state index contributed by atoms with van der Waals surface area (Å²) in [7, 11) is 0. The largest absolute Gasteiger partial charge is 0.357 e. The molecule has 1 aromatic heterocycles. The van der Waals surface area contributed by atoms with Crippen molar-refractivity contribution in [3.05, 3.63) is 34.7 Å². The first-order valence-corrected chi connectivity index (χ1v) is 9.57. The van der Waals surface area contributed by atoms with Crippen molar-refractivity contribution >= 4 is 35.8 Å². The summed E-state index contributed by atoms with van der Waals surface area (Å²) in [5.41, 5.74) is 0.0314. The van der Waals surface area contributed by atoms with Crippen molar-refractivity contribution in [2.75, 3.05) is 32.7 Å². The van der Waals surface area contributed by atoms with Crippen molar-refractivity contribution in [3.63, 3.8) is 0 Å². The molecule has 1 rings (SSSR count). The number of nitrogens with zero attached hydrogens (tertiary/aromatic N) is 3. The third-order valence-electron chi connectivity index (χ3n) is 4.07. The molecule has 0 atom stereocenters. The molecule has 27 heavy (non-hydrogen) atoms. The predicted octanol–water partition coefficient (Wildman–Crippen LogP) is 2.06. The van der Waals surface area contributed by atoms with Crippen molar-refractivity contribution in [2.24, 2.45) is 4.99 Å². The summed E-state index contributed by atoms with van der Waals surface area (Å²) in [6.45, 7) is 10.2. The van der Waals surface area contributed by atoms with E-state index in [1.54, 1.807) is 16.7 Å². The van der Waals surface area contributed by atoms with E-state index in [-0.39, 0.29) is 35.4 Å². The Kier molecular flexibility index (Phi) is 14.6. The van der Waals surface area contributed by atoms with Crippen molar-refractivity contribution < 1.29 is 4.79 Å². The standard InChI is InChI=1S/C19H33N5O2.HI/c1-4-20-19(22-14-12-18(26)23(5-2)6-3)21-13-8-10-16-24-15-9-7-11-17(24)25;/h7,9,11,15H,4-6,8,10,12-14,16H2,1-3H3,(H2,20,21,22);1H. The number of pyridine rings is 1. The number of aliphatic imine (C=N–C) groups is 1. The average molecular weight is 491 g/mol. The van der Waals surface area contributed by atoms with Crippen LogP contribution in [0.15, 0.2) is 34.2 Å². The molecule has 2 N–H and O–H groups in total. The van der Waals surface area contributed by atoms with Gasteiger partial charge in [-0.05, 0) is 39.7 Å². The van der Waals surface area contributed by atoms with Gasteiger partial charge in [0.15, 0.2) is 5.96 Å². The minimum Gasteiger partial charge on any atom is -0.357 e. The van der Waals surface area contributed by atoms with Crippen LogP contribution in [0.25, 0.3) is 0 Å². The zero-order valence-corrected chi connectivity index (χ0v) is 19.1. The van der Waals surface area contributed by atoms with Crippen molar-refractivity contribution in [2.45, 2.75) is 46.6 Å². The van der Waals surface area contributed by atoms with Crippen LogP contribution in [-0.4, -0.2) is 54.1 Å². The second-order valence-corrected chi connectivity index (χ2v) is 5.94. The number of aromatic nitrogens is 1. The van der Waals surface area contributed by atoms with E-state index in [4.69, 9.17) is 0 Å². The highest BCUT2D eigenvalue weighted by Crippen LogP contribution is 1.95. The van der Waals surface area contributed by atoms with Gasteiger partial charge in [-0.25, -0.2) is 0 Å². The lowest BCUT2D eigenvalue weighted by atomic mass is 10.3. The van der Waals surface area contributed by atoms with Crippen LogP contribution in [0, 0.1) is 0 Å². The number of unbranched alkanes of at least 4 members (excludes halogenated alkanes) is 1. The topological polar surface area (TPSA) is 78.7 Å². The van der Waals surface area contributed by atoms with Crippen LogP contribution in [-0.2, 0) is 11.3 Å². The summed E-state index contributed by atoms with van der Waals surface area (Å²) in [5.74, 6) is 0.892. The van der Waals surface area contributed by atoms with Crippen molar-refractivity contribution in [1.29, 1.82) is 0 Å². The summed E-state index contributed by atoms with van der Waals surface area (Å²) in [5, 5.41) is 6.40. The first-order chi connectivity index (χ1) is 12.6. The molecule has 0 unspecified atom stereocenters. The lowest BCUT2D eigenvalue weighted by Gasteiger charge is -2.19. The quantitative estimate of drug-likeness (QED) is 0.215. The van der Waals surface area contributed by atoms with Crippen molar-refractivity contribution in [3.8, 4) is 0 Å². The van der Waals surface area contributed by atoms with Crippen LogP contribution >= 0.6 is 24.0 Å². The fourth-order valence-electron chi connectivity index (χ4n) is 2.59. The molecule has 0 fully saturated rings. The highest BCUT2D eigenvalue weighted by molar-refractivity contribution is 14.0. The molecule has 1 aromatic rings. The number of nitrogens with one attached hydrogen (secondary N) is 2. The summed E-state index contributed by atoms with van der Waals surface area (Å²) < 4.78 is 1.71. The Morgan fingerprint density at radius 1 is 1.15 bits per heavy atom. The zero-order valence-electron chi connectivity index (χ0n) is 16.7. The Hall–Kier alpha value is -1.58. The molecule has 0 radical (unpaired) electrons. The number of rotatable bonds is 11. The molecule has 7 nitrogen and oxygen atoms in total. The number of guanidine groups is 1.